The van der Waals surface area contributed by atoms with Gasteiger partial charge in [-0.3, -0.25) is 9.69 Å². The van der Waals surface area contributed by atoms with Crippen LogP contribution in [0, 0.1) is 12.7 Å². The fourth-order valence-corrected chi connectivity index (χ4v) is 3.68. The number of ether oxygens (including phenoxy) is 2. The number of carbonyl (C=O) groups is 1. The van der Waals surface area contributed by atoms with E-state index in [0.29, 0.717) is 25.7 Å². The van der Waals surface area contributed by atoms with Gasteiger partial charge in [-0.2, -0.15) is 0 Å². The average Bonchev–Trinajstić information content (AvgIpc) is 2.74. The Labute approximate surface area is 178 Å². The van der Waals surface area contributed by atoms with Crippen LogP contribution in [0.1, 0.15) is 42.5 Å². The maximum atomic E-state index is 13.4. The highest BCUT2D eigenvalue weighted by molar-refractivity contribution is 5.77. The minimum Gasteiger partial charge on any atom is -0.483 e. The Balaban J connectivity index is 1.62. The van der Waals surface area contributed by atoms with Crippen LogP contribution in [0.4, 0.5) is 4.39 Å². The molecule has 0 radical (unpaired) electrons. The summed E-state index contributed by atoms with van der Waals surface area (Å²) in [6.07, 6.45) is 0. The third kappa shape index (κ3) is 6.03. The molecule has 0 aliphatic carbocycles. The van der Waals surface area contributed by atoms with E-state index in [9.17, 15) is 9.18 Å². The van der Waals surface area contributed by atoms with Crippen molar-refractivity contribution in [1.29, 1.82) is 0 Å². The highest BCUT2D eigenvalue weighted by Gasteiger charge is 2.23. The van der Waals surface area contributed by atoms with Crippen LogP contribution in [0.25, 0.3) is 0 Å². The third-order valence-corrected chi connectivity index (χ3v) is 5.38. The SMILES string of the molecule is Cc1ccc(C(C)C)c(OCC(=O)NC[C@@H](c2ccc(F)cc2)N2CCOCC2)c1. The third-order valence-electron chi connectivity index (χ3n) is 5.38. The van der Waals surface area contributed by atoms with E-state index in [2.05, 4.69) is 36.2 Å². The van der Waals surface area contributed by atoms with Crippen molar-refractivity contribution >= 4 is 5.91 Å². The first-order chi connectivity index (χ1) is 14.4. The van der Waals surface area contributed by atoms with E-state index < -0.39 is 0 Å². The lowest BCUT2D eigenvalue weighted by Crippen LogP contribution is -2.44. The maximum Gasteiger partial charge on any atom is 0.258 e. The summed E-state index contributed by atoms with van der Waals surface area (Å²) >= 11 is 0. The number of benzene rings is 2. The average molecular weight is 415 g/mol. The molecule has 3 rings (SSSR count). The summed E-state index contributed by atoms with van der Waals surface area (Å²) in [6, 6.07) is 12.5. The second kappa shape index (κ2) is 10.5. The van der Waals surface area contributed by atoms with E-state index in [-0.39, 0.29) is 24.4 Å². The molecule has 0 aromatic heterocycles. The molecule has 1 aliphatic heterocycles. The summed E-state index contributed by atoms with van der Waals surface area (Å²) in [5.74, 6) is 0.624. The Morgan fingerprint density at radius 3 is 2.53 bits per heavy atom. The number of halogens is 1. The highest BCUT2D eigenvalue weighted by atomic mass is 19.1. The first-order valence-electron chi connectivity index (χ1n) is 10.5. The molecule has 0 unspecified atom stereocenters. The largest absolute Gasteiger partial charge is 0.483 e. The molecular formula is C24H31FN2O3. The van der Waals surface area contributed by atoms with Crippen LogP contribution in [0.15, 0.2) is 42.5 Å². The Morgan fingerprint density at radius 1 is 1.17 bits per heavy atom. The number of rotatable bonds is 8. The van der Waals surface area contributed by atoms with Gasteiger partial charge < -0.3 is 14.8 Å². The lowest BCUT2D eigenvalue weighted by Gasteiger charge is -2.35. The van der Waals surface area contributed by atoms with E-state index >= 15 is 0 Å². The smallest absolute Gasteiger partial charge is 0.258 e. The van der Waals surface area contributed by atoms with E-state index in [4.69, 9.17) is 9.47 Å². The molecule has 2 aromatic carbocycles. The van der Waals surface area contributed by atoms with Gasteiger partial charge in [0.2, 0.25) is 0 Å². The van der Waals surface area contributed by atoms with Crippen molar-refractivity contribution in [3.8, 4) is 5.75 Å². The van der Waals surface area contributed by atoms with Crippen molar-refractivity contribution in [1.82, 2.24) is 10.2 Å². The van der Waals surface area contributed by atoms with Crippen LogP contribution in [0.2, 0.25) is 0 Å². The van der Waals surface area contributed by atoms with Gasteiger partial charge in [-0.15, -0.1) is 0 Å². The normalized spacial score (nSPS) is 15.8. The van der Waals surface area contributed by atoms with E-state index in [1.807, 2.05) is 13.0 Å². The molecule has 2 aromatic rings. The molecule has 162 valence electrons. The zero-order valence-corrected chi connectivity index (χ0v) is 18.0. The Morgan fingerprint density at radius 2 is 1.87 bits per heavy atom. The topological polar surface area (TPSA) is 50.8 Å². The Hall–Kier alpha value is -2.44. The lowest BCUT2D eigenvalue weighted by atomic mass is 10.0. The molecule has 30 heavy (non-hydrogen) atoms. The van der Waals surface area contributed by atoms with Gasteiger partial charge in [-0.1, -0.05) is 38.1 Å². The molecule has 0 spiro atoms. The Bertz CT molecular complexity index is 833. The van der Waals surface area contributed by atoms with Crippen molar-refractivity contribution in [2.24, 2.45) is 0 Å². The van der Waals surface area contributed by atoms with Gasteiger partial charge in [0.15, 0.2) is 6.61 Å². The molecule has 1 fully saturated rings. The number of carbonyl (C=O) groups excluding carboxylic acids is 1. The zero-order chi connectivity index (χ0) is 21.5. The standard InChI is InChI=1S/C24H31FN2O3/c1-17(2)21-9-4-18(3)14-23(21)30-16-24(28)26-15-22(27-10-12-29-13-11-27)19-5-7-20(25)8-6-19/h4-9,14,17,22H,10-13,15-16H2,1-3H3,(H,26,28)/t22-/m0/s1. The Kier molecular flexibility index (Phi) is 7.82. The monoisotopic (exact) mass is 414 g/mol. The molecule has 1 N–H and O–H groups in total. The molecule has 1 amide bonds. The van der Waals surface area contributed by atoms with Crippen molar-refractivity contribution in [3.63, 3.8) is 0 Å². The molecule has 1 saturated heterocycles. The summed E-state index contributed by atoms with van der Waals surface area (Å²) in [5.41, 5.74) is 3.16. The summed E-state index contributed by atoms with van der Waals surface area (Å²) in [7, 11) is 0. The predicted molar refractivity (Wildman–Crippen MR) is 115 cm³/mol. The first kappa shape index (κ1) is 22.2. The summed E-state index contributed by atoms with van der Waals surface area (Å²) in [5, 5.41) is 2.99. The summed E-state index contributed by atoms with van der Waals surface area (Å²) in [4.78, 5) is 14.8. The van der Waals surface area contributed by atoms with Crippen molar-refractivity contribution < 1.29 is 18.7 Å². The van der Waals surface area contributed by atoms with Crippen LogP contribution in [-0.2, 0) is 9.53 Å². The van der Waals surface area contributed by atoms with Crippen molar-refractivity contribution in [2.45, 2.75) is 32.7 Å². The zero-order valence-electron chi connectivity index (χ0n) is 18.0. The van der Waals surface area contributed by atoms with Crippen LogP contribution in [0.3, 0.4) is 0 Å². The lowest BCUT2D eigenvalue weighted by molar-refractivity contribution is -0.123. The predicted octanol–water partition coefficient (Wildman–Crippen LogP) is 3.83. The minimum atomic E-state index is -0.268. The van der Waals surface area contributed by atoms with Gasteiger partial charge in [-0.25, -0.2) is 4.39 Å². The van der Waals surface area contributed by atoms with Crippen LogP contribution < -0.4 is 10.1 Å². The molecule has 0 bridgehead atoms. The quantitative estimate of drug-likeness (QED) is 0.713. The summed E-state index contributed by atoms with van der Waals surface area (Å²) in [6.45, 7) is 9.46. The molecular weight excluding hydrogens is 383 g/mol. The van der Waals surface area contributed by atoms with Gasteiger partial charge in [0.1, 0.15) is 11.6 Å². The number of hydrogen-bond acceptors (Lipinski definition) is 4. The van der Waals surface area contributed by atoms with Gasteiger partial charge in [0, 0.05) is 19.6 Å². The number of morpholine rings is 1. The van der Waals surface area contributed by atoms with Crippen LogP contribution in [-0.4, -0.2) is 50.3 Å². The van der Waals surface area contributed by atoms with E-state index in [0.717, 1.165) is 35.5 Å². The van der Waals surface area contributed by atoms with Gasteiger partial charge in [0.05, 0.1) is 19.3 Å². The highest BCUT2D eigenvalue weighted by Crippen LogP contribution is 2.27. The maximum absolute atomic E-state index is 13.4. The minimum absolute atomic E-state index is 0.0383. The van der Waals surface area contributed by atoms with Gasteiger partial charge >= 0.3 is 0 Å². The molecule has 6 heteroatoms. The van der Waals surface area contributed by atoms with Crippen LogP contribution >= 0.6 is 0 Å². The number of hydrogen-bond donors (Lipinski definition) is 1. The molecule has 1 atom stereocenters. The molecule has 0 saturated carbocycles. The molecule has 5 nitrogen and oxygen atoms in total. The van der Waals surface area contributed by atoms with Crippen LogP contribution in [0.5, 0.6) is 5.75 Å². The number of nitrogens with zero attached hydrogens (tertiary/aromatic N) is 1. The second-order valence-corrected chi connectivity index (χ2v) is 8.00. The number of aryl methyl sites for hydroxylation is 1. The fraction of sp³-hybridized carbons (Fsp3) is 0.458. The van der Waals surface area contributed by atoms with Gasteiger partial charge in [0.25, 0.3) is 5.91 Å². The first-order valence-corrected chi connectivity index (χ1v) is 10.5. The molecule has 1 aliphatic rings. The van der Waals surface area contributed by atoms with Crippen molar-refractivity contribution in [2.75, 3.05) is 39.5 Å². The van der Waals surface area contributed by atoms with E-state index in [1.54, 1.807) is 12.1 Å². The molecule has 1 heterocycles. The fourth-order valence-electron chi connectivity index (χ4n) is 3.68. The van der Waals surface area contributed by atoms with Crippen molar-refractivity contribution in [3.05, 3.63) is 65.0 Å². The van der Waals surface area contributed by atoms with E-state index in [1.165, 1.54) is 12.1 Å². The second-order valence-electron chi connectivity index (χ2n) is 8.00. The summed E-state index contributed by atoms with van der Waals surface area (Å²) < 4.78 is 24.7. The van der Waals surface area contributed by atoms with Gasteiger partial charge in [-0.05, 0) is 47.7 Å². The number of nitrogens with one attached hydrogen (secondary N) is 1. The number of amides is 1.